The molecule has 0 atom stereocenters. The quantitative estimate of drug-likeness (QED) is 0.777. The highest BCUT2D eigenvalue weighted by Crippen LogP contribution is 2.31. The Labute approximate surface area is 113 Å². The van der Waals surface area contributed by atoms with Crippen LogP contribution >= 0.6 is 11.6 Å². The van der Waals surface area contributed by atoms with E-state index in [-0.39, 0.29) is 12.4 Å². The lowest BCUT2D eigenvalue weighted by atomic mass is 10.2. The molecule has 0 amide bonds. The molecule has 19 heavy (non-hydrogen) atoms. The predicted molar refractivity (Wildman–Crippen MR) is 67.2 cm³/mol. The van der Waals surface area contributed by atoms with E-state index in [0.717, 1.165) is 17.7 Å². The summed E-state index contributed by atoms with van der Waals surface area (Å²) in [5.74, 6) is 0.185. The van der Waals surface area contributed by atoms with E-state index in [1.54, 1.807) is 24.3 Å². The van der Waals surface area contributed by atoms with Gasteiger partial charge >= 0.3 is 6.18 Å². The summed E-state index contributed by atoms with van der Waals surface area (Å²) in [6.07, 6.45) is -4.36. The van der Waals surface area contributed by atoms with Gasteiger partial charge in [0.2, 0.25) is 0 Å². The van der Waals surface area contributed by atoms with E-state index in [1.165, 1.54) is 12.1 Å². The normalized spacial score (nSPS) is 11.4. The minimum atomic E-state index is -4.36. The average Bonchev–Trinajstić information content (AvgIpc) is 2.37. The fourth-order valence-electron chi connectivity index (χ4n) is 1.51. The monoisotopic (exact) mass is 286 g/mol. The van der Waals surface area contributed by atoms with Crippen LogP contribution in [0.25, 0.3) is 0 Å². The molecule has 0 N–H and O–H groups in total. The lowest BCUT2D eigenvalue weighted by molar-refractivity contribution is -0.137. The molecule has 0 unspecified atom stereocenters. The maximum absolute atomic E-state index is 12.5. The van der Waals surface area contributed by atoms with Crippen LogP contribution in [-0.2, 0) is 12.8 Å². The van der Waals surface area contributed by atoms with Crippen molar-refractivity contribution in [1.29, 1.82) is 0 Å². The molecule has 0 heterocycles. The predicted octanol–water partition coefficient (Wildman–Crippen LogP) is 4.94. The van der Waals surface area contributed by atoms with Gasteiger partial charge in [0.1, 0.15) is 12.4 Å². The fraction of sp³-hybridized carbons (Fsp3) is 0.143. The molecule has 0 bridgehead atoms. The van der Waals surface area contributed by atoms with Gasteiger partial charge in [0.15, 0.2) is 0 Å². The Morgan fingerprint density at radius 2 is 1.68 bits per heavy atom. The zero-order valence-electron chi connectivity index (χ0n) is 9.75. The van der Waals surface area contributed by atoms with E-state index < -0.39 is 11.7 Å². The molecule has 2 aromatic rings. The number of benzene rings is 2. The Morgan fingerprint density at radius 3 is 2.32 bits per heavy atom. The Balaban J connectivity index is 2.05. The first-order valence-electron chi connectivity index (χ1n) is 5.50. The van der Waals surface area contributed by atoms with Crippen molar-refractivity contribution >= 4 is 11.6 Å². The van der Waals surface area contributed by atoms with Crippen molar-refractivity contribution < 1.29 is 17.9 Å². The third kappa shape index (κ3) is 3.89. The number of ether oxygens (including phenoxy) is 1. The van der Waals surface area contributed by atoms with Gasteiger partial charge < -0.3 is 4.74 Å². The number of rotatable bonds is 3. The minimum Gasteiger partial charge on any atom is -0.489 e. The van der Waals surface area contributed by atoms with Crippen LogP contribution in [0.3, 0.4) is 0 Å². The van der Waals surface area contributed by atoms with E-state index in [0.29, 0.717) is 5.02 Å². The largest absolute Gasteiger partial charge is 0.489 e. The highest BCUT2D eigenvalue weighted by Gasteiger charge is 2.30. The summed E-state index contributed by atoms with van der Waals surface area (Å²) in [5, 5.41) is 0.600. The van der Waals surface area contributed by atoms with Crippen molar-refractivity contribution in [3.05, 3.63) is 64.7 Å². The first-order chi connectivity index (χ1) is 8.95. The number of halogens is 4. The molecular weight excluding hydrogens is 277 g/mol. The molecule has 0 saturated carbocycles. The second-order valence-electron chi connectivity index (χ2n) is 3.94. The lowest BCUT2D eigenvalue weighted by Crippen LogP contribution is -2.05. The Bertz CT molecular complexity index is 549. The molecule has 0 saturated heterocycles. The van der Waals surface area contributed by atoms with Crippen LogP contribution in [0.5, 0.6) is 5.75 Å². The molecule has 0 radical (unpaired) electrons. The summed E-state index contributed by atoms with van der Waals surface area (Å²) < 4.78 is 42.8. The maximum atomic E-state index is 12.5. The van der Waals surface area contributed by atoms with Crippen LogP contribution < -0.4 is 4.74 Å². The van der Waals surface area contributed by atoms with Crippen molar-refractivity contribution in [1.82, 2.24) is 0 Å². The van der Waals surface area contributed by atoms with Crippen LogP contribution in [0, 0.1) is 0 Å². The molecule has 0 fully saturated rings. The van der Waals surface area contributed by atoms with Crippen LogP contribution in [0.2, 0.25) is 5.02 Å². The second kappa shape index (κ2) is 5.53. The third-order valence-corrected chi connectivity index (χ3v) is 2.73. The maximum Gasteiger partial charge on any atom is 0.416 e. The van der Waals surface area contributed by atoms with Gasteiger partial charge in [-0.3, -0.25) is 0 Å². The molecule has 0 aliphatic rings. The van der Waals surface area contributed by atoms with E-state index >= 15 is 0 Å². The van der Waals surface area contributed by atoms with Crippen molar-refractivity contribution in [3.63, 3.8) is 0 Å². The van der Waals surface area contributed by atoms with Gasteiger partial charge in [-0.2, -0.15) is 13.2 Å². The summed E-state index contributed by atoms with van der Waals surface area (Å²) in [5.41, 5.74) is 0.114. The van der Waals surface area contributed by atoms with Crippen molar-refractivity contribution in [3.8, 4) is 5.75 Å². The van der Waals surface area contributed by atoms with Crippen LogP contribution in [0.4, 0.5) is 13.2 Å². The molecule has 0 spiro atoms. The van der Waals surface area contributed by atoms with E-state index in [4.69, 9.17) is 16.3 Å². The molecule has 100 valence electrons. The summed E-state index contributed by atoms with van der Waals surface area (Å²) in [6, 6.07) is 11.7. The Hall–Kier alpha value is -1.68. The van der Waals surface area contributed by atoms with Gasteiger partial charge in [-0.05, 0) is 35.9 Å². The fourth-order valence-corrected chi connectivity index (χ4v) is 1.64. The molecule has 2 rings (SSSR count). The van der Waals surface area contributed by atoms with E-state index in [9.17, 15) is 13.2 Å². The third-order valence-electron chi connectivity index (χ3n) is 2.48. The molecule has 0 aromatic heterocycles. The molecule has 5 heteroatoms. The molecule has 0 aliphatic carbocycles. The lowest BCUT2D eigenvalue weighted by Gasteiger charge is -2.10. The summed E-state index contributed by atoms with van der Waals surface area (Å²) in [4.78, 5) is 0. The Morgan fingerprint density at radius 1 is 1.00 bits per heavy atom. The van der Waals surface area contributed by atoms with Crippen molar-refractivity contribution in [2.75, 3.05) is 0 Å². The molecular formula is C14H10ClF3O. The van der Waals surface area contributed by atoms with Crippen molar-refractivity contribution in [2.45, 2.75) is 12.8 Å². The number of hydrogen-bond donors (Lipinski definition) is 0. The second-order valence-corrected chi connectivity index (χ2v) is 4.38. The topological polar surface area (TPSA) is 9.23 Å². The van der Waals surface area contributed by atoms with Gasteiger partial charge in [0.05, 0.1) is 5.56 Å². The van der Waals surface area contributed by atoms with Gasteiger partial charge in [0.25, 0.3) is 0 Å². The number of hydrogen-bond acceptors (Lipinski definition) is 1. The van der Waals surface area contributed by atoms with E-state index in [1.807, 2.05) is 0 Å². The summed E-state index contributed by atoms with van der Waals surface area (Å²) in [7, 11) is 0. The molecule has 0 aliphatic heterocycles. The summed E-state index contributed by atoms with van der Waals surface area (Å²) >= 11 is 5.73. The van der Waals surface area contributed by atoms with Gasteiger partial charge in [-0.1, -0.05) is 29.8 Å². The van der Waals surface area contributed by atoms with E-state index in [2.05, 4.69) is 0 Å². The zero-order valence-corrected chi connectivity index (χ0v) is 10.5. The highest BCUT2D eigenvalue weighted by molar-refractivity contribution is 6.30. The van der Waals surface area contributed by atoms with Gasteiger partial charge in [-0.25, -0.2) is 0 Å². The van der Waals surface area contributed by atoms with Crippen molar-refractivity contribution in [2.24, 2.45) is 0 Å². The van der Waals surface area contributed by atoms with Crippen LogP contribution in [-0.4, -0.2) is 0 Å². The minimum absolute atomic E-state index is 0.185. The first kappa shape index (κ1) is 13.7. The zero-order chi connectivity index (χ0) is 13.9. The van der Waals surface area contributed by atoms with Crippen LogP contribution in [0.15, 0.2) is 48.5 Å². The smallest absolute Gasteiger partial charge is 0.416 e. The van der Waals surface area contributed by atoms with Gasteiger partial charge in [0, 0.05) is 5.02 Å². The number of alkyl halides is 3. The van der Waals surface area contributed by atoms with Crippen LogP contribution in [0.1, 0.15) is 11.1 Å². The average molecular weight is 287 g/mol. The molecule has 2 aromatic carbocycles. The van der Waals surface area contributed by atoms with Gasteiger partial charge in [-0.15, -0.1) is 0 Å². The molecule has 1 nitrogen and oxygen atoms in total. The SMILES string of the molecule is FC(F)(F)c1cccc(OCc2ccc(Cl)cc2)c1. The standard InChI is InChI=1S/C14H10ClF3O/c15-12-6-4-10(5-7-12)9-19-13-3-1-2-11(8-13)14(16,17)18/h1-8H,9H2. The highest BCUT2D eigenvalue weighted by atomic mass is 35.5. The Kier molecular flexibility index (Phi) is 4.00. The first-order valence-corrected chi connectivity index (χ1v) is 5.87. The summed E-state index contributed by atoms with van der Waals surface area (Å²) in [6.45, 7) is 0.193.